The normalized spacial score (nSPS) is 11.9. The van der Waals surface area contributed by atoms with Gasteiger partial charge in [0.05, 0.1) is 16.3 Å². The minimum atomic E-state index is -0.216. The van der Waals surface area contributed by atoms with Crippen LogP contribution in [0.1, 0.15) is 6.92 Å². The Labute approximate surface area is 137 Å². The van der Waals surface area contributed by atoms with Gasteiger partial charge in [0, 0.05) is 17.1 Å². The first-order chi connectivity index (χ1) is 10.1. The van der Waals surface area contributed by atoms with Crippen LogP contribution >= 0.6 is 35.0 Å². The van der Waals surface area contributed by atoms with Gasteiger partial charge in [0.15, 0.2) is 11.0 Å². The quantitative estimate of drug-likeness (QED) is 0.597. The largest absolute Gasteiger partial charge is 0.298 e. The van der Waals surface area contributed by atoms with Gasteiger partial charge in [-0.05, 0) is 25.1 Å². The van der Waals surface area contributed by atoms with E-state index in [0.29, 0.717) is 27.6 Å². The van der Waals surface area contributed by atoms with Crippen molar-refractivity contribution in [1.82, 2.24) is 14.8 Å². The topological polar surface area (TPSA) is 54.5 Å². The van der Waals surface area contributed by atoms with E-state index in [9.17, 15) is 0 Å². The molecule has 21 heavy (non-hydrogen) atoms. The fourth-order valence-electron chi connectivity index (χ4n) is 1.72. The molecule has 2 aromatic rings. The summed E-state index contributed by atoms with van der Waals surface area (Å²) < 4.78 is 1.88. The molecule has 0 saturated heterocycles. The first kappa shape index (κ1) is 15.9. The predicted molar refractivity (Wildman–Crippen MR) is 86.6 cm³/mol. The molecule has 1 aromatic carbocycles. The second-order valence-corrected chi connectivity index (χ2v) is 6.37. The molecule has 4 nitrogen and oxygen atoms in total. The number of nitrogens with zero attached hydrogens (tertiary/aromatic N) is 4. The zero-order valence-corrected chi connectivity index (χ0v) is 13.6. The Kier molecular flexibility index (Phi) is 5.29. The number of benzene rings is 1. The van der Waals surface area contributed by atoms with E-state index in [0.717, 1.165) is 5.56 Å². The van der Waals surface area contributed by atoms with Crippen molar-refractivity contribution in [3.63, 3.8) is 0 Å². The van der Waals surface area contributed by atoms with Crippen LogP contribution < -0.4 is 0 Å². The molecule has 0 aliphatic rings. The Balaban J connectivity index is 2.48. The predicted octanol–water partition coefficient (Wildman–Crippen LogP) is 4.44. The van der Waals surface area contributed by atoms with Crippen LogP contribution in [0.2, 0.25) is 10.0 Å². The summed E-state index contributed by atoms with van der Waals surface area (Å²) in [4.78, 5) is 0. The zero-order valence-electron chi connectivity index (χ0n) is 11.3. The molecule has 2 rings (SSSR count). The highest BCUT2D eigenvalue weighted by molar-refractivity contribution is 8.00. The van der Waals surface area contributed by atoms with E-state index in [1.54, 1.807) is 24.3 Å². The van der Waals surface area contributed by atoms with Crippen molar-refractivity contribution in [3.8, 4) is 17.5 Å². The molecule has 1 aromatic heterocycles. The van der Waals surface area contributed by atoms with E-state index in [2.05, 4.69) is 22.8 Å². The number of allylic oxidation sites excluding steroid dienone is 1. The average Bonchev–Trinajstić information content (AvgIpc) is 2.82. The van der Waals surface area contributed by atoms with E-state index in [-0.39, 0.29) is 5.25 Å². The lowest BCUT2D eigenvalue weighted by Gasteiger charge is -2.09. The Morgan fingerprint density at radius 3 is 2.86 bits per heavy atom. The fraction of sp³-hybridized carbons (Fsp3) is 0.214. The third-order valence-corrected chi connectivity index (χ3v) is 4.18. The molecular formula is C14H12Cl2N4S. The van der Waals surface area contributed by atoms with Crippen LogP contribution in [0.5, 0.6) is 0 Å². The highest BCUT2D eigenvalue weighted by Gasteiger charge is 2.17. The van der Waals surface area contributed by atoms with Gasteiger partial charge in [-0.2, -0.15) is 5.26 Å². The van der Waals surface area contributed by atoms with Crippen molar-refractivity contribution < 1.29 is 0 Å². The lowest BCUT2D eigenvalue weighted by molar-refractivity contribution is 0.730. The van der Waals surface area contributed by atoms with Crippen molar-refractivity contribution >= 4 is 35.0 Å². The number of aromatic nitrogens is 3. The van der Waals surface area contributed by atoms with Gasteiger partial charge in [-0.1, -0.05) is 41.0 Å². The molecule has 7 heteroatoms. The summed E-state index contributed by atoms with van der Waals surface area (Å²) in [5.41, 5.74) is 0.742. The SMILES string of the molecule is C=CCn1c(S[C@H](C)C#N)nnc1-c1ccc(Cl)cc1Cl. The molecule has 0 saturated carbocycles. The lowest BCUT2D eigenvalue weighted by Crippen LogP contribution is -2.03. The third kappa shape index (κ3) is 3.59. The highest BCUT2D eigenvalue weighted by Crippen LogP contribution is 2.32. The van der Waals surface area contributed by atoms with Crippen LogP contribution in [-0.4, -0.2) is 20.0 Å². The molecule has 0 radical (unpaired) electrons. The van der Waals surface area contributed by atoms with Gasteiger partial charge in [-0.15, -0.1) is 16.8 Å². The Bertz CT molecular complexity index is 705. The van der Waals surface area contributed by atoms with E-state index in [4.69, 9.17) is 28.5 Å². The maximum absolute atomic E-state index is 8.93. The molecule has 1 atom stereocenters. The minimum Gasteiger partial charge on any atom is -0.298 e. The minimum absolute atomic E-state index is 0.216. The van der Waals surface area contributed by atoms with Crippen LogP contribution in [0.25, 0.3) is 11.4 Å². The van der Waals surface area contributed by atoms with Crippen molar-refractivity contribution in [3.05, 3.63) is 40.9 Å². The average molecular weight is 339 g/mol. The third-order valence-electron chi connectivity index (χ3n) is 2.66. The van der Waals surface area contributed by atoms with Gasteiger partial charge in [0.2, 0.25) is 0 Å². The lowest BCUT2D eigenvalue weighted by atomic mass is 10.2. The van der Waals surface area contributed by atoms with Gasteiger partial charge in [-0.3, -0.25) is 4.57 Å². The number of hydrogen-bond acceptors (Lipinski definition) is 4. The summed E-state index contributed by atoms with van der Waals surface area (Å²) >= 11 is 13.5. The second-order valence-electron chi connectivity index (χ2n) is 4.22. The number of hydrogen-bond donors (Lipinski definition) is 0. The summed E-state index contributed by atoms with van der Waals surface area (Å²) in [7, 11) is 0. The van der Waals surface area contributed by atoms with E-state index in [1.807, 2.05) is 11.5 Å². The van der Waals surface area contributed by atoms with Crippen molar-refractivity contribution in [2.45, 2.75) is 23.9 Å². The molecule has 0 bridgehead atoms. The zero-order chi connectivity index (χ0) is 15.4. The van der Waals surface area contributed by atoms with Gasteiger partial charge in [-0.25, -0.2) is 0 Å². The monoisotopic (exact) mass is 338 g/mol. The summed E-state index contributed by atoms with van der Waals surface area (Å²) in [5, 5.41) is 18.8. The molecule has 0 amide bonds. The van der Waals surface area contributed by atoms with Gasteiger partial charge >= 0.3 is 0 Å². The first-order valence-electron chi connectivity index (χ1n) is 6.12. The summed E-state index contributed by atoms with van der Waals surface area (Å²) in [6.07, 6.45) is 1.75. The van der Waals surface area contributed by atoms with E-state index in [1.165, 1.54) is 11.8 Å². The van der Waals surface area contributed by atoms with Crippen molar-refractivity contribution in [2.24, 2.45) is 0 Å². The molecule has 0 spiro atoms. The van der Waals surface area contributed by atoms with Crippen LogP contribution in [0.3, 0.4) is 0 Å². The Morgan fingerprint density at radius 1 is 1.48 bits per heavy atom. The van der Waals surface area contributed by atoms with Crippen LogP contribution in [-0.2, 0) is 6.54 Å². The summed E-state index contributed by atoms with van der Waals surface area (Å²) in [5.74, 6) is 0.629. The number of nitriles is 1. The molecule has 0 unspecified atom stereocenters. The summed E-state index contributed by atoms with van der Waals surface area (Å²) in [6, 6.07) is 7.38. The van der Waals surface area contributed by atoms with Gasteiger partial charge < -0.3 is 0 Å². The van der Waals surface area contributed by atoms with Crippen LogP contribution in [0.15, 0.2) is 36.0 Å². The second kappa shape index (κ2) is 6.99. The molecular weight excluding hydrogens is 327 g/mol. The molecule has 1 heterocycles. The molecule has 108 valence electrons. The van der Waals surface area contributed by atoms with Gasteiger partial charge in [0.1, 0.15) is 0 Å². The number of thioether (sulfide) groups is 1. The smallest absolute Gasteiger partial charge is 0.193 e. The summed E-state index contributed by atoms with van der Waals surface area (Å²) in [6.45, 7) is 6.08. The number of rotatable bonds is 5. The fourth-order valence-corrected chi connectivity index (χ4v) is 2.96. The standard InChI is InChI=1S/C14H12Cl2N4S/c1-3-6-20-13(11-5-4-10(15)7-12(11)16)18-19-14(20)21-9(2)8-17/h3-5,7,9H,1,6H2,2H3/t9-/m1/s1. The molecule has 0 N–H and O–H groups in total. The number of halogens is 2. The first-order valence-corrected chi connectivity index (χ1v) is 7.76. The van der Waals surface area contributed by atoms with E-state index < -0.39 is 0 Å². The van der Waals surface area contributed by atoms with E-state index >= 15 is 0 Å². The van der Waals surface area contributed by atoms with Crippen LogP contribution in [0, 0.1) is 11.3 Å². The Morgan fingerprint density at radius 2 is 2.24 bits per heavy atom. The van der Waals surface area contributed by atoms with Crippen molar-refractivity contribution in [2.75, 3.05) is 0 Å². The molecule has 0 aliphatic carbocycles. The van der Waals surface area contributed by atoms with Crippen LogP contribution in [0.4, 0.5) is 0 Å². The van der Waals surface area contributed by atoms with Crippen molar-refractivity contribution in [1.29, 1.82) is 5.26 Å². The molecule has 0 fully saturated rings. The maximum Gasteiger partial charge on any atom is 0.193 e. The molecule has 0 aliphatic heterocycles. The maximum atomic E-state index is 8.93. The Hall–Kier alpha value is -1.48. The van der Waals surface area contributed by atoms with Gasteiger partial charge in [0.25, 0.3) is 0 Å². The highest BCUT2D eigenvalue weighted by atomic mass is 35.5.